The van der Waals surface area contributed by atoms with Crippen LogP contribution in [0.1, 0.15) is 34.6 Å². The molecule has 0 aliphatic heterocycles. The second kappa shape index (κ2) is 5.69. The summed E-state index contributed by atoms with van der Waals surface area (Å²) < 4.78 is 0. The molecule has 0 aromatic carbocycles. The zero-order valence-electron chi connectivity index (χ0n) is 10.2. The van der Waals surface area contributed by atoms with E-state index in [-0.39, 0.29) is 6.61 Å². The van der Waals surface area contributed by atoms with Gasteiger partial charge in [-0.3, -0.25) is 4.90 Å². The highest BCUT2D eigenvalue weighted by Gasteiger charge is 2.23. The summed E-state index contributed by atoms with van der Waals surface area (Å²) in [6.45, 7) is 12.4. The van der Waals surface area contributed by atoms with Crippen LogP contribution < -0.4 is 5.73 Å². The zero-order valence-corrected chi connectivity index (χ0v) is 10.2. The predicted molar refractivity (Wildman–Crippen MR) is 61.2 cm³/mol. The van der Waals surface area contributed by atoms with E-state index in [0.717, 1.165) is 13.1 Å². The van der Waals surface area contributed by atoms with Crippen LogP contribution in [0.2, 0.25) is 0 Å². The Labute approximate surface area is 88.3 Å². The highest BCUT2D eigenvalue weighted by Crippen LogP contribution is 2.09. The van der Waals surface area contributed by atoms with Crippen molar-refractivity contribution in [2.45, 2.75) is 46.2 Å². The van der Waals surface area contributed by atoms with E-state index >= 15 is 0 Å². The molecule has 3 heteroatoms. The number of hydrogen-bond acceptors (Lipinski definition) is 3. The standard InChI is InChI=1S/C11H26N2O/c1-9(2)6-13(10(3)4)7-11(5,12)8-14/h9-10,14H,6-8,12H2,1-5H3. The van der Waals surface area contributed by atoms with Crippen molar-refractivity contribution in [3.8, 4) is 0 Å². The maximum Gasteiger partial charge on any atom is 0.0621 e. The van der Waals surface area contributed by atoms with E-state index in [2.05, 4.69) is 32.6 Å². The normalized spacial score (nSPS) is 16.7. The zero-order chi connectivity index (χ0) is 11.4. The highest BCUT2D eigenvalue weighted by molar-refractivity contribution is 4.83. The molecule has 0 fully saturated rings. The molecule has 0 aliphatic rings. The third-order valence-corrected chi connectivity index (χ3v) is 2.26. The molecule has 14 heavy (non-hydrogen) atoms. The summed E-state index contributed by atoms with van der Waals surface area (Å²) in [6, 6.07) is 0.479. The Morgan fingerprint density at radius 3 is 2.07 bits per heavy atom. The minimum atomic E-state index is -0.487. The monoisotopic (exact) mass is 202 g/mol. The van der Waals surface area contributed by atoms with E-state index in [0.29, 0.717) is 12.0 Å². The molecule has 0 saturated heterocycles. The SMILES string of the molecule is CC(C)CN(CC(C)(N)CO)C(C)C. The molecule has 0 spiro atoms. The number of nitrogens with zero attached hydrogens (tertiary/aromatic N) is 1. The maximum absolute atomic E-state index is 9.11. The first kappa shape index (κ1) is 13.9. The van der Waals surface area contributed by atoms with Crippen molar-refractivity contribution in [2.24, 2.45) is 11.7 Å². The van der Waals surface area contributed by atoms with Crippen molar-refractivity contribution in [1.29, 1.82) is 0 Å². The largest absolute Gasteiger partial charge is 0.394 e. The summed E-state index contributed by atoms with van der Waals surface area (Å²) in [4.78, 5) is 2.32. The van der Waals surface area contributed by atoms with Crippen LogP contribution in [0.4, 0.5) is 0 Å². The Kier molecular flexibility index (Phi) is 5.64. The van der Waals surface area contributed by atoms with Crippen LogP contribution >= 0.6 is 0 Å². The van der Waals surface area contributed by atoms with Gasteiger partial charge < -0.3 is 10.8 Å². The van der Waals surface area contributed by atoms with E-state index in [4.69, 9.17) is 10.8 Å². The van der Waals surface area contributed by atoms with Crippen molar-refractivity contribution in [3.63, 3.8) is 0 Å². The molecule has 0 aliphatic carbocycles. The van der Waals surface area contributed by atoms with Crippen LogP contribution in [0.5, 0.6) is 0 Å². The lowest BCUT2D eigenvalue weighted by molar-refractivity contribution is 0.117. The molecule has 0 amide bonds. The molecule has 3 N–H and O–H groups in total. The smallest absolute Gasteiger partial charge is 0.0621 e. The summed E-state index contributed by atoms with van der Waals surface area (Å²) in [6.07, 6.45) is 0. The van der Waals surface area contributed by atoms with E-state index < -0.39 is 5.54 Å². The first-order chi connectivity index (χ1) is 6.28. The number of nitrogens with two attached hydrogens (primary N) is 1. The Hall–Kier alpha value is -0.120. The van der Waals surface area contributed by atoms with Crippen LogP contribution in [-0.4, -0.2) is 41.3 Å². The van der Waals surface area contributed by atoms with Gasteiger partial charge in [-0.05, 0) is 26.7 Å². The predicted octanol–water partition coefficient (Wildman–Crippen LogP) is 1.06. The maximum atomic E-state index is 9.11. The first-order valence-corrected chi connectivity index (χ1v) is 5.42. The quantitative estimate of drug-likeness (QED) is 0.677. The van der Waals surface area contributed by atoms with Gasteiger partial charge in [0.2, 0.25) is 0 Å². The molecule has 0 saturated carbocycles. The van der Waals surface area contributed by atoms with Crippen molar-refractivity contribution in [3.05, 3.63) is 0 Å². The first-order valence-electron chi connectivity index (χ1n) is 5.42. The third-order valence-electron chi connectivity index (χ3n) is 2.26. The lowest BCUT2D eigenvalue weighted by Gasteiger charge is -2.35. The Morgan fingerprint density at radius 2 is 1.79 bits per heavy atom. The molecule has 1 atom stereocenters. The van der Waals surface area contributed by atoms with Gasteiger partial charge in [0.1, 0.15) is 0 Å². The van der Waals surface area contributed by atoms with E-state index in [9.17, 15) is 0 Å². The molecule has 1 unspecified atom stereocenters. The van der Waals surface area contributed by atoms with Crippen molar-refractivity contribution < 1.29 is 5.11 Å². The van der Waals surface area contributed by atoms with Gasteiger partial charge in [0, 0.05) is 24.7 Å². The van der Waals surface area contributed by atoms with E-state index in [1.54, 1.807) is 0 Å². The van der Waals surface area contributed by atoms with Gasteiger partial charge in [0.05, 0.1) is 6.61 Å². The molecular weight excluding hydrogens is 176 g/mol. The van der Waals surface area contributed by atoms with Gasteiger partial charge in [0.25, 0.3) is 0 Å². The summed E-state index contributed by atoms with van der Waals surface area (Å²) in [5.41, 5.74) is 5.45. The number of hydrogen-bond donors (Lipinski definition) is 2. The fraction of sp³-hybridized carbons (Fsp3) is 1.00. The fourth-order valence-corrected chi connectivity index (χ4v) is 1.44. The molecule has 0 radical (unpaired) electrons. The van der Waals surface area contributed by atoms with Crippen LogP contribution in [0.3, 0.4) is 0 Å². The van der Waals surface area contributed by atoms with Gasteiger partial charge >= 0.3 is 0 Å². The van der Waals surface area contributed by atoms with Gasteiger partial charge in [-0.1, -0.05) is 13.8 Å². The average molecular weight is 202 g/mol. The second-order valence-electron chi connectivity index (χ2n) is 5.23. The summed E-state index contributed by atoms with van der Waals surface area (Å²) in [5.74, 6) is 0.631. The molecule has 0 aromatic rings. The van der Waals surface area contributed by atoms with E-state index in [1.165, 1.54) is 0 Å². The highest BCUT2D eigenvalue weighted by atomic mass is 16.3. The average Bonchev–Trinajstić information content (AvgIpc) is 2.02. The fourth-order valence-electron chi connectivity index (χ4n) is 1.44. The minimum absolute atomic E-state index is 0.0360. The molecular formula is C11H26N2O. The third kappa shape index (κ3) is 5.58. The molecule has 0 bridgehead atoms. The Morgan fingerprint density at radius 1 is 1.29 bits per heavy atom. The van der Waals surface area contributed by atoms with Crippen molar-refractivity contribution in [2.75, 3.05) is 19.7 Å². The van der Waals surface area contributed by atoms with Crippen LogP contribution in [0.25, 0.3) is 0 Å². The lowest BCUT2D eigenvalue weighted by Crippen LogP contribution is -2.53. The second-order valence-corrected chi connectivity index (χ2v) is 5.23. The number of rotatable bonds is 6. The van der Waals surface area contributed by atoms with Gasteiger partial charge in [-0.25, -0.2) is 0 Å². The topological polar surface area (TPSA) is 49.5 Å². The lowest BCUT2D eigenvalue weighted by atomic mass is 10.0. The summed E-state index contributed by atoms with van der Waals surface area (Å²) >= 11 is 0. The number of aliphatic hydroxyl groups excluding tert-OH is 1. The molecule has 0 rings (SSSR count). The van der Waals surface area contributed by atoms with Gasteiger partial charge in [0.15, 0.2) is 0 Å². The van der Waals surface area contributed by atoms with Gasteiger partial charge in [-0.2, -0.15) is 0 Å². The van der Waals surface area contributed by atoms with Crippen LogP contribution in [0.15, 0.2) is 0 Å². The Bertz CT molecular complexity index is 155. The van der Waals surface area contributed by atoms with E-state index in [1.807, 2.05) is 6.92 Å². The summed E-state index contributed by atoms with van der Waals surface area (Å²) in [7, 11) is 0. The molecule has 3 nitrogen and oxygen atoms in total. The molecule has 0 heterocycles. The van der Waals surface area contributed by atoms with Crippen LogP contribution in [0, 0.1) is 5.92 Å². The molecule has 86 valence electrons. The summed E-state index contributed by atoms with van der Waals surface area (Å²) in [5, 5.41) is 9.11. The minimum Gasteiger partial charge on any atom is -0.394 e. The van der Waals surface area contributed by atoms with Crippen molar-refractivity contribution >= 4 is 0 Å². The Balaban J connectivity index is 4.23. The van der Waals surface area contributed by atoms with Gasteiger partial charge in [-0.15, -0.1) is 0 Å². The molecule has 0 aromatic heterocycles. The number of aliphatic hydroxyl groups is 1. The van der Waals surface area contributed by atoms with Crippen LogP contribution in [-0.2, 0) is 0 Å². The van der Waals surface area contributed by atoms with Crippen molar-refractivity contribution in [1.82, 2.24) is 4.90 Å².